The van der Waals surface area contributed by atoms with Gasteiger partial charge < -0.3 is 0 Å². The lowest BCUT2D eigenvalue weighted by Crippen LogP contribution is -2.03. The summed E-state index contributed by atoms with van der Waals surface area (Å²) in [6, 6.07) is 0. The second-order valence-electron chi connectivity index (χ2n) is 5.69. The van der Waals surface area contributed by atoms with E-state index in [9.17, 15) is 0 Å². The van der Waals surface area contributed by atoms with E-state index in [1.165, 1.54) is 33.4 Å². The molecular weight excluding hydrogens is 240 g/mol. The minimum Gasteiger partial charge on any atom is -0.0955 e. The second-order valence-corrected chi connectivity index (χ2v) is 5.69. The summed E-state index contributed by atoms with van der Waals surface area (Å²) >= 11 is 0. The predicted molar refractivity (Wildman–Crippen MR) is 94.0 cm³/mol. The lowest BCUT2D eigenvalue weighted by molar-refractivity contribution is 0.897. The van der Waals surface area contributed by atoms with Crippen LogP contribution >= 0.6 is 0 Å². The van der Waals surface area contributed by atoms with Gasteiger partial charge in [0, 0.05) is 0 Å². The zero-order valence-corrected chi connectivity index (χ0v) is 14.6. The van der Waals surface area contributed by atoms with E-state index in [-0.39, 0.29) is 0 Å². The minimum atomic E-state index is 0.978. The van der Waals surface area contributed by atoms with Gasteiger partial charge in [0.25, 0.3) is 0 Å². The number of allylic oxidation sites excluding steroid dienone is 8. The summed E-state index contributed by atoms with van der Waals surface area (Å²) in [7, 11) is 0. The first-order valence-electron chi connectivity index (χ1n) is 7.69. The molecule has 0 fully saturated rings. The molecule has 0 aromatic carbocycles. The highest BCUT2D eigenvalue weighted by atomic mass is 14.2. The molecule has 0 aliphatic rings. The van der Waals surface area contributed by atoms with E-state index in [1.807, 2.05) is 0 Å². The highest BCUT2D eigenvalue weighted by molar-refractivity contribution is 5.60. The maximum Gasteiger partial charge on any atom is -0.0124 e. The number of rotatable bonds is 7. The molecule has 0 aliphatic heterocycles. The van der Waals surface area contributed by atoms with Gasteiger partial charge in [0.15, 0.2) is 0 Å². The third-order valence-corrected chi connectivity index (χ3v) is 3.67. The molecule has 0 saturated carbocycles. The zero-order chi connectivity index (χ0) is 15.9. The molecule has 0 unspecified atom stereocenters. The van der Waals surface area contributed by atoms with Gasteiger partial charge in [0.2, 0.25) is 0 Å². The highest BCUT2D eigenvalue weighted by Crippen LogP contribution is 2.35. The molecule has 0 saturated heterocycles. The Morgan fingerprint density at radius 2 is 1.50 bits per heavy atom. The van der Waals surface area contributed by atoms with Gasteiger partial charge >= 0.3 is 0 Å². The maximum absolute atomic E-state index is 4.27. The van der Waals surface area contributed by atoms with Gasteiger partial charge in [-0.3, -0.25) is 0 Å². The summed E-state index contributed by atoms with van der Waals surface area (Å²) in [6.07, 6.45) is 5.41. The third kappa shape index (κ3) is 4.67. The van der Waals surface area contributed by atoms with Crippen molar-refractivity contribution in [3.8, 4) is 0 Å². The Hall–Kier alpha value is -1.30. The quantitative estimate of drug-likeness (QED) is 0.441. The van der Waals surface area contributed by atoms with E-state index >= 15 is 0 Å². The predicted octanol–water partition coefficient (Wildman–Crippen LogP) is 6.93. The summed E-state index contributed by atoms with van der Waals surface area (Å²) in [5.41, 5.74) is 9.08. The molecule has 0 nitrogen and oxygen atoms in total. The van der Waals surface area contributed by atoms with Crippen molar-refractivity contribution in [3.63, 3.8) is 0 Å². The van der Waals surface area contributed by atoms with Gasteiger partial charge in [-0.05, 0) is 69.8 Å². The van der Waals surface area contributed by atoms with Crippen molar-refractivity contribution in [2.75, 3.05) is 0 Å². The fraction of sp³-hybridized carbons (Fsp3) is 0.500. The molecule has 112 valence electrons. The van der Waals surface area contributed by atoms with Crippen molar-refractivity contribution in [1.29, 1.82) is 0 Å². The van der Waals surface area contributed by atoms with Crippen molar-refractivity contribution in [2.45, 2.75) is 67.7 Å². The van der Waals surface area contributed by atoms with Gasteiger partial charge in [0.05, 0.1) is 0 Å². The second kappa shape index (κ2) is 8.79. The van der Waals surface area contributed by atoms with Crippen LogP contribution in [0, 0.1) is 0 Å². The first-order valence-corrected chi connectivity index (χ1v) is 7.69. The molecule has 0 heteroatoms. The molecular formula is C20H32. The van der Waals surface area contributed by atoms with Gasteiger partial charge in [-0.1, -0.05) is 56.2 Å². The zero-order valence-electron chi connectivity index (χ0n) is 14.6. The van der Waals surface area contributed by atoms with Crippen LogP contribution < -0.4 is 0 Å². The van der Waals surface area contributed by atoms with E-state index in [0.717, 1.165) is 24.8 Å². The van der Waals surface area contributed by atoms with Crippen molar-refractivity contribution >= 4 is 0 Å². The molecule has 0 bridgehead atoms. The van der Waals surface area contributed by atoms with E-state index in [4.69, 9.17) is 0 Å². The number of hydrogen-bond acceptors (Lipinski definition) is 0. The minimum absolute atomic E-state index is 0.978. The Kier molecular flexibility index (Phi) is 8.22. The summed E-state index contributed by atoms with van der Waals surface area (Å²) in [6.45, 7) is 23.7. The largest absolute Gasteiger partial charge is 0.0955 e. The summed E-state index contributed by atoms with van der Waals surface area (Å²) in [4.78, 5) is 0. The highest BCUT2D eigenvalue weighted by Gasteiger charge is 2.16. The first-order chi connectivity index (χ1) is 9.31. The Bertz CT molecular complexity index is 460. The SMILES string of the molecule is C=C(CC)C(=C(C)C)/C(C(=C)C)=C(CCC)/C(C)=C\C. The summed E-state index contributed by atoms with van der Waals surface area (Å²) in [5.74, 6) is 0. The van der Waals surface area contributed by atoms with E-state index < -0.39 is 0 Å². The molecule has 0 radical (unpaired) electrons. The van der Waals surface area contributed by atoms with Gasteiger partial charge in [-0.2, -0.15) is 0 Å². The average Bonchev–Trinajstić information content (AvgIpc) is 2.40. The van der Waals surface area contributed by atoms with Crippen LogP contribution in [0.2, 0.25) is 0 Å². The van der Waals surface area contributed by atoms with Crippen molar-refractivity contribution < 1.29 is 0 Å². The van der Waals surface area contributed by atoms with Crippen molar-refractivity contribution in [1.82, 2.24) is 0 Å². The number of hydrogen-bond donors (Lipinski definition) is 0. The lowest BCUT2D eigenvalue weighted by atomic mass is 9.83. The van der Waals surface area contributed by atoms with Gasteiger partial charge in [0.1, 0.15) is 0 Å². The van der Waals surface area contributed by atoms with Crippen LogP contribution in [0.3, 0.4) is 0 Å². The smallest absolute Gasteiger partial charge is 0.0124 e. The Balaban J connectivity index is 6.40. The Labute approximate surface area is 126 Å². The molecule has 0 spiro atoms. The molecule has 0 amide bonds. The van der Waals surface area contributed by atoms with Crippen LogP contribution in [0.5, 0.6) is 0 Å². The molecule has 0 aliphatic carbocycles. The van der Waals surface area contributed by atoms with Crippen LogP contribution in [0.15, 0.2) is 58.2 Å². The standard InChI is InChI=1S/C20H32/c1-10-13-18(16(8)11-2)20(15(6)7)19(14(4)5)17(9)12-3/h11H,6,9-10,12-13H2,1-5,7-8H3/b16-11-,20-18+. The van der Waals surface area contributed by atoms with Crippen LogP contribution in [0.1, 0.15) is 67.7 Å². The van der Waals surface area contributed by atoms with Crippen molar-refractivity contribution in [2.24, 2.45) is 0 Å². The Morgan fingerprint density at radius 3 is 1.80 bits per heavy atom. The summed E-state index contributed by atoms with van der Waals surface area (Å²) in [5, 5.41) is 0. The van der Waals surface area contributed by atoms with Crippen LogP contribution in [0.4, 0.5) is 0 Å². The Morgan fingerprint density at radius 1 is 0.950 bits per heavy atom. The molecule has 0 aromatic heterocycles. The van der Waals surface area contributed by atoms with Gasteiger partial charge in [-0.15, -0.1) is 0 Å². The van der Waals surface area contributed by atoms with Crippen LogP contribution in [-0.4, -0.2) is 0 Å². The molecule has 0 atom stereocenters. The molecule has 0 heterocycles. The fourth-order valence-corrected chi connectivity index (χ4v) is 2.52. The molecule has 20 heavy (non-hydrogen) atoms. The molecule has 0 N–H and O–H groups in total. The average molecular weight is 272 g/mol. The summed E-state index contributed by atoms with van der Waals surface area (Å²) < 4.78 is 0. The third-order valence-electron chi connectivity index (χ3n) is 3.67. The van der Waals surface area contributed by atoms with Gasteiger partial charge in [-0.25, -0.2) is 0 Å². The van der Waals surface area contributed by atoms with E-state index in [1.54, 1.807) is 0 Å². The van der Waals surface area contributed by atoms with E-state index in [2.05, 4.69) is 67.7 Å². The first kappa shape index (κ1) is 18.7. The van der Waals surface area contributed by atoms with E-state index in [0.29, 0.717) is 0 Å². The van der Waals surface area contributed by atoms with Crippen molar-refractivity contribution in [3.05, 3.63) is 58.2 Å². The lowest BCUT2D eigenvalue weighted by Gasteiger charge is -2.22. The topological polar surface area (TPSA) is 0 Å². The van der Waals surface area contributed by atoms with Crippen LogP contribution in [0.25, 0.3) is 0 Å². The molecule has 0 aromatic rings. The monoisotopic (exact) mass is 272 g/mol. The van der Waals surface area contributed by atoms with Crippen LogP contribution in [-0.2, 0) is 0 Å². The normalized spacial score (nSPS) is 12.8. The molecule has 0 rings (SSSR count). The maximum atomic E-state index is 4.27. The fourth-order valence-electron chi connectivity index (χ4n) is 2.52.